The molecular formula is C22H27N5O. The Morgan fingerprint density at radius 3 is 2.25 bits per heavy atom. The van der Waals surface area contributed by atoms with Gasteiger partial charge in [0.05, 0.1) is 11.4 Å². The molecule has 0 atom stereocenters. The van der Waals surface area contributed by atoms with Crippen molar-refractivity contribution in [3.63, 3.8) is 0 Å². The van der Waals surface area contributed by atoms with Crippen LogP contribution in [0.2, 0.25) is 0 Å². The molecule has 6 nitrogen and oxygen atoms in total. The van der Waals surface area contributed by atoms with Crippen molar-refractivity contribution in [1.29, 1.82) is 0 Å². The second-order valence-corrected chi connectivity index (χ2v) is 7.44. The first-order valence-corrected chi connectivity index (χ1v) is 9.29. The molecule has 28 heavy (non-hydrogen) atoms. The van der Waals surface area contributed by atoms with E-state index in [1.165, 1.54) is 5.56 Å². The van der Waals surface area contributed by atoms with E-state index in [4.69, 9.17) is 0 Å². The molecule has 1 aromatic heterocycles. The van der Waals surface area contributed by atoms with Crippen LogP contribution in [0.1, 0.15) is 32.9 Å². The second-order valence-electron chi connectivity index (χ2n) is 7.44. The second kappa shape index (κ2) is 7.84. The van der Waals surface area contributed by atoms with Crippen molar-refractivity contribution in [3.8, 4) is 5.69 Å². The van der Waals surface area contributed by atoms with Gasteiger partial charge in [0.1, 0.15) is 0 Å². The van der Waals surface area contributed by atoms with E-state index < -0.39 is 0 Å². The van der Waals surface area contributed by atoms with Crippen LogP contribution < -0.4 is 4.90 Å². The van der Waals surface area contributed by atoms with E-state index in [0.29, 0.717) is 17.9 Å². The van der Waals surface area contributed by atoms with Gasteiger partial charge in [-0.05, 0) is 50.1 Å². The molecule has 0 unspecified atom stereocenters. The van der Waals surface area contributed by atoms with E-state index in [-0.39, 0.29) is 5.91 Å². The molecule has 3 rings (SSSR count). The van der Waals surface area contributed by atoms with Crippen LogP contribution in [0.4, 0.5) is 5.69 Å². The number of benzene rings is 2. The van der Waals surface area contributed by atoms with Gasteiger partial charge < -0.3 is 9.80 Å². The van der Waals surface area contributed by atoms with Crippen molar-refractivity contribution in [3.05, 3.63) is 70.5 Å². The number of rotatable bonds is 5. The summed E-state index contributed by atoms with van der Waals surface area (Å²) in [7, 11) is 5.80. The fourth-order valence-corrected chi connectivity index (χ4v) is 3.14. The first kappa shape index (κ1) is 19.6. The zero-order valence-electron chi connectivity index (χ0n) is 17.4. The largest absolute Gasteiger partial charge is 0.378 e. The molecule has 146 valence electrons. The van der Waals surface area contributed by atoms with Crippen molar-refractivity contribution in [2.45, 2.75) is 27.3 Å². The Bertz CT molecular complexity index is 989. The Morgan fingerprint density at radius 2 is 1.64 bits per heavy atom. The fraction of sp³-hybridized carbons (Fsp3) is 0.318. The molecule has 3 aromatic rings. The van der Waals surface area contributed by atoms with Crippen molar-refractivity contribution in [2.24, 2.45) is 0 Å². The third kappa shape index (κ3) is 4.06. The summed E-state index contributed by atoms with van der Waals surface area (Å²) in [5.41, 5.74) is 6.34. The molecule has 1 amide bonds. The molecule has 6 heteroatoms. The van der Waals surface area contributed by atoms with Crippen LogP contribution >= 0.6 is 0 Å². The highest BCUT2D eigenvalue weighted by molar-refractivity contribution is 5.93. The molecule has 0 aliphatic rings. The highest BCUT2D eigenvalue weighted by Crippen LogP contribution is 2.17. The molecule has 1 heterocycles. The number of aryl methyl sites for hydroxylation is 3. The van der Waals surface area contributed by atoms with Gasteiger partial charge in [-0.1, -0.05) is 29.8 Å². The maximum atomic E-state index is 12.9. The predicted octanol–water partition coefficient (Wildman–Crippen LogP) is 3.53. The number of nitrogens with zero attached hydrogens (tertiary/aromatic N) is 5. The average Bonchev–Trinajstić information content (AvgIpc) is 3.02. The molecule has 0 aliphatic heterocycles. The third-order valence-corrected chi connectivity index (χ3v) is 4.77. The SMILES string of the molecule is Cc1ccc(-n2nc(C)c(C(=O)N(C)Cc3ccc(N(C)C)cc3)n2)c(C)c1. The summed E-state index contributed by atoms with van der Waals surface area (Å²) in [6.45, 7) is 6.40. The third-order valence-electron chi connectivity index (χ3n) is 4.77. The minimum absolute atomic E-state index is 0.134. The fourth-order valence-electron chi connectivity index (χ4n) is 3.14. The topological polar surface area (TPSA) is 54.3 Å². The van der Waals surface area contributed by atoms with Crippen LogP contribution in [0.5, 0.6) is 0 Å². The van der Waals surface area contributed by atoms with Gasteiger partial charge >= 0.3 is 0 Å². The highest BCUT2D eigenvalue weighted by atomic mass is 16.2. The lowest BCUT2D eigenvalue weighted by atomic mass is 10.1. The van der Waals surface area contributed by atoms with Crippen molar-refractivity contribution >= 4 is 11.6 Å². The number of carbonyl (C=O) groups excluding carboxylic acids is 1. The number of amides is 1. The van der Waals surface area contributed by atoms with E-state index in [0.717, 1.165) is 22.5 Å². The number of hydrogen-bond donors (Lipinski definition) is 0. The molecular weight excluding hydrogens is 350 g/mol. The summed E-state index contributed by atoms with van der Waals surface area (Å²) in [5, 5.41) is 8.94. The molecule has 0 spiro atoms. The van der Waals surface area contributed by atoms with Gasteiger partial charge in [-0.15, -0.1) is 5.10 Å². The molecule has 0 bridgehead atoms. The minimum atomic E-state index is -0.134. The lowest BCUT2D eigenvalue weighted by Gasteiger charge is -2.17. The molecule has 0 aliphatic carbocycles. The van der Waals surface area contributed by atoms with Crippen LogP contribution in [0, 0.1) is 20.8 Å². The first-order chi connectivity index (χ1) is 13.3. The Balaban J connectivity index is 1.79. The lowest BCUT2D eigenvalue weighted by molar-refractivity contribution is 0.0778. The zero-order chi connectivity index (χ0) is 20.4. The molecule has 0 saturated carbocycles. The van der Waals surface area contributed by atoms with E-state index in [2.05, 4.69) is 28.4 Å². The van der Waals surface area contributed by atoms with Gasteiger partial charge in [0.25, 0.3) is 5.91 Å². The van der Waals surface area contributed by atoms with Gasteiger partial charge in [-0.25, -0.2) is 0 Å². The number of carbonyl (C=O) groups is 1. The van der Waals surface area contributed by atoms with E-state index in [1.807, 2.05) is 64.0 Å². The number of aromatic nitrogens is 3. The van der Waals surface area contributed by atoms with Gasteiger partial charge in [-0.3, -0.25) is 4.79 Å². The zero-order valence-corrected chi connectivity index (χ0v) is 17.4. The van der Waals surface area contributed by atoms with Crippen molar-refractivity contribution in [2.75, 3.05) is 26.0 Å². The van der Waals surface area contributed by atoms with Crippen molar-refractivity contribution in [1.82, 2.24) is 19.9 Å². The van der Waals surface area contributed by atoms with E-state index in [9.17, 15) is 4.79 Å². The first-order valence-electron chi connectivity index (χ1n) is 9.29. The predicted molar refractivity (Wildman–Crippen MR) is 112 cm³/mol. The molecule has 0 fully saturated rings. The number of hydrogen-bond acceptors (Lipinski definition) is 4. The van der Waals surface area contributed by atoms with Crippen molar-refractivity contribution < 1.29 is 4.79 Å². The lowest BCUT2D eigenvalue weighted by Crippen LogP contribution is -2.27. The maximum Gasteiger partial charge on any atom is 0.276 e. The summed E-state index contributed by atoms with van der Waals surface area (Å²) in [6.07, 6.45) is 0. The smallest absolute Gasteiger partial charge is 0.276 e. The Labute approximate surface area is 166 Å². The standard InChI is InChI=1S/C22H27N5O/c1-15-7-12-20(16(2)13-15)27-23-17(3)21(24-27)22(28)26(6)14-18-8-10-19(11-9-18)25(4)5/h7-13H,14H2,1-6H3. The Morgan fingerprint density at radius 1 is 0.964 bits per heavy atom. The van der Waals surface area contributed by atoms with Crippen LogP contribution in [-0.4, -0.2) is 46.9 Å². The average molecular weight is 377 g/mol. The molecule has 0 saturated heterocycles. The molecule has 0 radical (unpaired) electrons. The van der Waals surface area contributed by atoms with Gasteiger partial charge in [0, 0.05) is 33.4 Å². The van der Waals surface area contributed by atoms with Crippen LogP contribution in [0.15, 0.2) is 42.5 Å². The Hall–Kier alpha value is -3.15. The summed E-state index contributed by atoms with van der Waals surface area (Å²) >= 11 is 0. The molecule has 2 aromatic carbocycles. The minimum Gasteiger partial charge on any atom is -0.378 e. The summed E-state index contributed by atoms with van der Waals surface area (Å²) in [6, 6.07) is 14.3. The molecule has 0 N–H and O–H groups in total. The van der Waals surface area contributed by atoms with Gasteiger partial charge in [0.15, 0.2) is 5.69 Å². The highest BCUT2D eigenvalue weighted by Gasteiger charge is 2.20. The van der Waals surface area contributed by atoms with Crippen LogP contribution in [-0.2, 0) is 6.54 Å². The maximum absolute atomic E-state index is 12.9. The summed E-state index contributed by atoms with van der Waals surface area (Å²) in [4.78, 5) is 18.2. The quantitative estimate of drug-likeness (QED) is 0.683. The summed E-state index contributed by atoms with van der Waals surface area (Å²) in [5.74, 6) is -0.134. The monoisotopic (exact) mass is 377 g/mol. The van der Waals surface area contributed by atoms with E-state index >= 15 is 0 Å². The van der Waals surface area contributed by atoms with Crippen LogP contribution in [0.3, 0.4) is 0 Å². The Kier molecular flexibility index (Phi) is 5.49. The summed E-state index contributed by atoms with van der Waals surface area (Å²) < 4.78 is 0. The normalized spacial score (nSPS) is 10.8. The number of anilines is 1. The van der Waals surface area contributed by atoms with Gasteiger partial charge in [0.2, 0.25) is 0 Å². The van der Waals surface area contributed by atoms with Gasteiger partial charge in [-0.2, -0.15) is 9.90 Å². The van der Waals surface area contributed by atoms with Crippen LogP contribution in [0.25, 0.3) is 5.69 Å². The van der Waals surface area contributed by atoms with E-state index in [1.54, 1.807) is 16.7 Å².